The quantitative estimate of drug-likeness (QED) is 0.277. The van der Waals surface area contributed by atoms with Crippen molar-refractivity contribution in [3.63, 3.8) is 0 Å². The predicted molar refractivity (Wildman–Crippen MR) is 172 cm³/mol. The fraction of sp³-hybridized carbons (Fsp3) is 0.394. The number of halogens is 3. The highest BCUT2D eigenvalue weighted by molar-refractivity contribution is 6.42. The van der Waals surface area contributed by atoms with Crippen LogP contribution in [-0.4, -0.2) is 61.2 Å². The lowest BCUT2D eigenvalue weighted by atomic mass is 9.80. The van der Waals surface area contributed by atoms with Gasteiger partial charge in [-0.25, -0.2) is 4.79 Å². The molecule has 2 aliphatic rings. The summed E-state index contributed by atoms with van der Waals surface area (Å²) in [7, 11) is 0. The second-order valence-electron chi connectivity index (χ2n) is 11.0. The second kappa shape index (κ2) is 14.8. The molecule has 0 aliphatic carbocycles. The summed E-state index contributed by atoms with van der Waals surface area (Å²) in [6, 6.07) is 25.7. The van der Waals surface area contributed by atoms with Gasteiger partial charge in [0.15, 0.2) is 0 Å². The molecule has 0 saturated carbocycles. The van der Waals surface area contributed by atoms with Crippen LogP contribution in [0.1, 0.15) is 42.9 Å². The second-order valence-corrected chi connectivity index (χ2v) is 11.8. The standard InChI is InChI=1S/C33H37Cl2N3O4.ClH/c1-2-41-31(40)36-32(26-11-7-4-8-12-26)15-18-37(19-16-32)20-17-33(27-13-14-28(34)29(35)21-27)24-38(30(39)23-42-33)22-25-9-5-3-6-10-25;/h3-14,21H,2,15-20,22-24H2,1H3,(H,36,40);1H. The maximum Gasteiger partial charge on any atom is 0.407 e. The SMILES string of the molecule is CCOC(=O)NC1(c2ccccc2)CCN(CCC2(c3ccc(Cl)c(Cl)c3)CN(Cc3ccccc3)C(=O)CO2)CC1.Cl. The van der Waals surface area contributed by atoms with Crippen molar-refractivity contribution in [3.05, 3.63) is 106 Å². The molecule has 5 rings (SSSR count). The fourth-order valence-electron chi connectivity index (χ4n) is 6.03. The van der Waals surface area contributed by atoms with Crippen LogP contribution in [0, 0.1) is 0 Å². The van der Waals surface area contributed by atoms with Gasteiger partial charge in [-0.3, -0.25) is 4.79 Å². The first kappa shape index (κ1) is 33.1. The molecule has 0 spiro atoms. The lowest BCUT2D eigenvalue weighted by Crippen LogP contribution is -2.55. The number of likely N-dealkylation sites (tertiary alicyclic amines) is 1. The molecule has 3 aromatic carbocycles. The zero-order valence-electron chi connectivity index (χ0n) is 24.3. The Hall–Kier alpha value is -2.81. The van der Waals surface area contributed by atoms with Gasteiger partial charge >= 0.3 is 6.09 Å². The van der Waals surface area contributed by atoms with E-state index in [9.17, 15) is 9.59 Å². The average Bonchev–Trinajstić information content (AvgIpc) is 3.01. The monoisotopic (exact) mass is 645 g/mol. The van der Waals surface area contributed by atoms with E-state index in [1.807, 2.05) is 72.5 Å². The van der Waals surface area contributed by atoms with E-state index in [1.165, 1.54) is 0 Å². The molecule has 2 heterocycles. The Kier molecular flexibility index (Phi) is 11.4. The van der Waals surface area contributed by atoms with E-state index in [1.54, 1.807) is 6.07 Å². The summed E-state index contributed by atoms with van der Waals surface area (Å²) in [4.78, 5) is 29.8. The van der Waals surface area contributed by atoms with Crippen molar-refractivity contribution in [2.24, 2.45) is 0 Å². The van der Waals surface area contributed by atoms with Gasteiger partial charge in [0.1, 0.15) is 12.2 Å². The Morgan fingerprint density at radius 1 is 0.953 bits per heavy atom. The van der Waals surface area contributed by atoms with E-state index >= 15 is 0 Å². The van der Waals surface area contributed by atoms with Crippen LogP contribution < -0.4 is 5.32 Å². The highest BCUT2D eigenvalue weighted by atomic mass is 35.5. The number of piperidine rings is 1. The maximum absolute atomic E-state index is 13.0. The topological polar surface area (TPSA) is 71.1 Å². The minimum atomic E-state index is -0.742. The minimum absolute atomic E-state index is 0. The zero-order chi connectivity index (χ0) is 29.6. The van der Waals surface area contributed by atoms with Crippen LogP contribution in [0.3, 0.4) is 0 Å². The normalized spacial score (nSPS) is 20.3. The van der Waals surface area contributed by atoms with Crippen molar-refractivity contribution in [1.29, 1.82) is 0 Å². The van der Waals surface area contributed by atoms with Crippen LogP contribution in [0.2, 0.25) is 10.0 Å². The number of carbonyl (C=O) groups excluding carboxylic acids is 2. The van der Waals surface area contributed by atoms with Gasteiger partial charge in [-0.1, -0.05) is 89.9 Å². The first-order chi connectivity index (χ1) is 20.3. The number of nitrogens with zero attached hydrogens (tertiary/aromatic N) is 2. The van der Waals surface area contributed by atoms with Crippen molar-refractivity contribution in [3.8, 4) is 0 Å². The number of nitrogens with one attached hydrogen (secondary N) is 1. The van der Waals surface area contributed by atoms with Gasteiger partial charge in [-0.15, -0.1) is 12.4 Å². The van der Waals surface area contributed by atoms with Crippen LogP contribution >= 0.6 is 35.6 Å². The minimum Gasteiger partial charge on any atom is -0.450 e. The molecule has 2 aliphatic heterocycles. The van der Waals surface area contributed by atoms with Gasteiger partial charge in [0.05, 0.1) is 28.7 Å². The number of rotatable bonds is 9. The zero-order valence-corrected chi connectivity index (χ0v) is 26.6. The molecular formula is C33H38Cl3N3O4. The first-order valence-electron chi connectivity index (χ1n) is 14.5. The molecule has 2 saturated heterocycles. The summed E-state index contributed by atoms with van der Waals surface area (Å²) in [5, 5.41) is 4.11. The van der Waals surface area contributed by atoms with E-state index in [4.69, 9.17) is 32.7 Å². The summed E-state index contributed by atoms with van der Waals surface area (Å²) in [5.74, 6) is -0.0369. The van der Waals surface area contributed by atoms with E-state index in [0.29, 0.717) is 36.2 Å². The smallest absolute Gasteiger partial charge is 0.407 e. The van der Waals surface area contributed by atoms with Crippen LogP contribution in [0.15, 0.2) is 78.9 Å². The molecule has 10 heteroatoms. The Labute approximate surface area is 269 Å². The van der Waals surface area contributed by atoms with Crippen molar-refractivity contribution in [1.82, 2.24) is 15.1 Å². The first-order valence-corrected chi connectivity index (χ1v) is 15.2. The molecule has 1 unspecified atom stereocenters. The third kappa shape index (κ3) is 7.83. The van der Waals surface area contributed by atoms with E-state index in [2.05, 4.69) is 22.3 Å². The maximum atomic E-state index is 13.0. The summed E-state index contributed by atoms with van der Waals surface area (Å²) >= 11 is 12.7. The Morgan fingerprint density at radius 3 is 2.28 bits per heavy atom. The Balaban J connectivity index is 0.00000423. The number of hydrogen-bond donors (Lipinski definition) is 1. The molecule has 0 aromatic heterocycles. The molecule has 7 nitrogen and oxygen atoms in total. The molecule has 2 fully saturated rings. The molecule has 0 radical (unpaired) electrons. The number of morpholine rings is 1. The van der Waals surface area contributed by atoms with Gasteiger partial charge in [-0.05, 0) is 55.0 Å². The summed E-state index contributed by atoms with van der Waals surface area (Å²) in [6.07, 6.45) is 1.75. The van der Waals surface area contributed by atoms with Crippen molar-refractivity contribution in [2.45, 2.75) is 43.9 Å². The van der Waals surface area contributed by atoms with Crippen LogP contribution in [0.25, 0.3) is 0 Å². The molecule has 43 heavy (non-hydrogen) atoms. The molecule has 2 amide bonds. The van der Waals surface area contributed by atoms with Crippen molar-refractivity contribution in [2.75, 3.05) is 39.4 Å². The molecule has 3 aromatic rings. The number of alkyl carbamates (subject to hydrolysis) is 1. The van der Waals surface area contributed by atoms with Gasteiger partial charge in [0, 0.05) is 26.2 Å². The third-order valence-electron chi connectivity index (χ3n) is 8.42. The number of carbonyl (C=O) groups is 2. The van der Waals surface area contributed by atoms with Crippen LogP contribution in [0.4, 0.5) is 4.79 Å². The molecule has 1 atom stereocenters. The highest BCUT2D eigenvalue weighted by Gasteiger charge is 2.43. The van der Waals surface area contributed by atoms with Gasteiger partial charge in [-0.2, -0.15) is 0 Å². The number of amides is 2. The average molecular weight is 647 g/mol. The molecular weight excluding hydrogens is 609 g/mol. The van der Waals surface area contributed by atoms with E-state index in [-0.39, 0.29) is 24.9 Å². The number of ether oxygens (including phenoxy) is 2. The fourth-order valence-corrected chi connectivity index (χ4v) is 6.33. The van der Waals surface area contributed by atoms with Crippen LogP contribution in [-0.2, 0) is 32.0 Å². The molecule has 230 valence electrons. The third-order valence-corrected chi connectivity index (χ3v) is 9.16. The van der Waals surface area contributed by atoms with Gasteiger partial charge in [0.2, 0.25) is 5.91 Å². The summed E-state index contributed by atoms with van der Waals surface area (Å²) in [5.41, 5.74) is 1.82. The van der Waals surface area contributed by atoms with E-state index in [0.717, 1.165) is 49.2 Å². The van der Waals surface area contributed by atoms with Crippen LogP contribution in [0.5, 0.6) is 0 Å². The lowest BCUT2D eigenvalue weighted by molar-refractivity contribution is -0.169. The number of benzene rings is 3. The molecule has 1 N–H and O–H groups in total. The van der Waals surface area contributed by atoms with Gasteiger partial charge in [0.25, 0.3) is 0 Å². The van der Waals surface area contributed by atoms with Gasteiger partial charge < -0.3 is 24.6 Å². The van der Waals surface area contributed by atoms with Crippen molar-refractivity contribution < 1.29 is 19.1 Å². The van der Waals surface area contributed by atoms with E-state index < -0.39 is 17.2 Å². The lowest BCUT2D eigenvalue weighted by Gasteiger charge is -2.46. The largest absolute Gasteiger partial charge is 0.450 e. The highest BCUT2D eigenvalue weighted by Crippen LogP contribution is 2.39. The summed E-state index contributed by atoms with van der Waals surface area (Å²) in [6.45, 7) is 5.36. The van der Waals surface area contributed by atoms with Crippen molar-refractivity contribution >= 4 is 47.6 Å². The predicted octanol–water partition coefficient (Wildman–Crippen LogP) is 6.80. The summed E-state index contributed by atoms with van der Waals surface area (Å²) < 4.78 is 11.7. The Morgan fingerprint density at radius 2 is 1.63 bits per heavy atom. The Bertz CT molecular complexity index is 1370. The number of hydrogen-bond acceptors (Lipinski definition) is 5. The molecule has 0 bridgehead atoms.